The molecule has 0 radical (unpaired) electrons. The van der Waals surface area contributed by atoms with Gasteiger partial charge in [0.15, 0.2) is 0 Å². The fraction of sp³-hybridized carbons (Fsp3) is 0.182. The standard InChI is InChI=1S/C11H11N3O2/c1-8-5-6-14(13-8)7-9-3-2-4-10(12-9)11(15)16/h2-6H,7H2,1H3,(H,15,16). The fourth-order valence-corrected chi connectivity index (χ4v) is 1.40. The van der Waals surface area contributed by atoms with Crippen molar-refractivity contribution in [3.05, 3.63) is 47.5 Å². The molecule has 0 aliphatic carbocycles. The van der Waals surface area contributed by atoms with Gasteiger partial charge < -0.3 is 5.11 Å². The molecule has 0 amide bonds. The smallest absolute Gasteiger partial charge is 0.354 e. The molecule has 0 saturated heterocycles. The van der Waals surface area contributed by atoms with Crippen LogP contribution in [0.2, 0.25) is 0 Å². The number of hydrogen-bond donors (Lipinski definition) is 1. The molecule has 0 spiro atoms. The van der Waals surface area contributed by atoms with Crippen LogP contribution in [0.4, 0.5) is 0 Å². The highest BCUT2D eigenvalue weighted by Gasteiger charge is 2.05. The van der Waals surface area contributed by atoms with E-state index in [0.717, 1.165) is 5.69 Å². The number of nitrogens with zero attached hydrogens (tertiary/aromatic N) is 3. The van der Waals surface area contributed by atoms with Gasteiger partial charge in [-0.05, 0) is 25.1 Å². The van der Waals surface area contributed by atoms with Crippen molar-refractivity contribution in [1.82, 2.24) is 14.8 Å². The highest BCUT2D eigenvalue weighted by Crippen LogP contribution is 2.02. The third-order valence-electron chi connectivity index (χ3n) is 2.12. The highest BCUT2D eigenvalue weighted by atomic mass is 16.4. The largest absolute Gasteiger partial charge is 0.477 e. The molecule has 5 heteroatoms. The fourth-order valence-electron chi connectivity index (χ4n) is 1.40. The number of rotatable bonds is 3. The summed E-state index contributed by atoms with van der Waals surface area (Å²) in [6.45, 7) is 2.38. The molecule has 2 aromatic heterocycles. The van der Waals surface area contributed by atoms with Crippen LogP contribution in [0.15, 0.2) is 30.5 Å². The van der Waals surface area contributed by atoms with Crippen molar-refractivity contribution in [2.24, 2.45) is 0 Å². The average Bonchev–Trinajstić information content (AvgIpc) is 2.64. The molecule has 1 N–H and O–H groups in total. The number of carboxylic acids is 1. The van der Waals surface area contributed by atoms with Crippen molar-refractivity contribution in [1.29, 1.82) is 0 Å². The second-order valence-electron chi connectivity index (χ2n) is 3.47. The van der Waals surface area contributed by atoms with E-state index < -0.39 is 5.97 Å². The van der Waals surface area contributed by atoms with Crippen LogP contribution >= 0.6 is 0 Å². The Morgan fingerprint density at radius 3 is 2.88 bits per heavy atom. The van der Waals surface area contributed by atoms with Gasteiger partial charge in [-0.15, -0.1) is 0 Å². The number of aromatic carboxylic acids is 1. The number of aryl methyl sites for hydroxylation is 1. The summed E-state index contributed by atoms with van der Waals surface area (Å²) >= 11 is 0. The maximum Gasteiger partial charge on any atom is 0.354 e. The lowest BCUT2D eigenvalue weighted by Gasteiger charge is -2.02. The Labute approximate surface area is 92.4 Å². The molecular formula is C11H11N3O2. The zero-order valence-corrected chi connectivity index (χ0v) is 8.79. The normalized spacial score (nSPS) is 10.3. The SMILES string of the molecule is Cc1ccn(Cc2cccc(C(=O)O)n2)n1. The summed E-state index contributed by atoms with van der Waals surface area (Å²) in [7, 11) is 0. The molecule has 5 nitrogen and oxygen atoms in total. The molecule has 2 heterocycles. The number of carbonyl (C=O) groups is 1. The van der Waals surface area contributed by atoms with Crippen LogP contribution in [0, 0.1) is 6.92 Å². The van der Waals surface area contributed by atoms with Gasteiger partial charge in [0.2, 0.25) is 0 Å². The first-order valence-electron chi connectivity index (χ1n) is 4.84. The van der Waals surface area contributed by atoms with E-state index in [9.17, 15) is 4.79 Å². The molecule has 0 atom stereocenters. The minimum absolute atomic E-state index is 0.0568. The summed E-state index contributed by atoms with van der Waals surface area (Å²) in [5.41, 5.74) is 1.67. The van der Waals surface area contributed by atoms with Crippen molar-refractivity contribution in [3.63, 3.8) is 0 Å². The number of aromatic nitrogens is 3. The summed E-state index contributed by atoms with van der Waals surface area (Å²) < 4.78 is 1.73. The first-order valence-corrected chi connectivity index (χ1v) is 4.84. The van der Waals surface area contributed by atoms with E-state index in [0.29, 0.717) is 12.2 Å². The molecule has 0 aliphatic heterocycles. The Hall–Kier alpha value is -2.17. The van der Waals surface area contributed by atoms with E-state index in [1.807, 2.05) is 19.2 Å². The van der Waals surface area contributed by atoms with Crippen LogP contribution in [0.1, 0.15) is 21.9 Å². The molecular weight excluding hydrogens is 206 g/mol. The van der Waals surface area contributed by atoms with Crippen molar-refractivity contribution in [3.8, 4) is 0 Å². The zero-order valence-electron chi connectivity index (χ0n) is 8.79. The van der Waals surface area contributed by atoms with Gasteiger partial charge in [0.25, 0.3) is 0 Å². The molecule has 0 aliphatic rings. The third-order valence-corrected chi connectivity index (χ3v) is 2.12. The van der Waals surface area contributed by atoms with Crippen LogP contribution in [0.5, 0.6) is 0 Å². The number of pyridine rings is 1. The van der Waals surface area contributed by atoms with Crippen molar-refractivity contribution in [2.45, 2.75) is 13.5 Å². The molecule has 0 aromatic carbocycles. The van der Waals surface area contributed by atoms with Crippen molar-refractivity contribution in [2.75, 3.05) is 0 Å². The Morgan fingerprint density at radius 1 is 1.44 bits per heavy atom. The molecule has 0 unspecified atom stereocenters. The monoisotopic (exact) mass is 217 g/mol. The van der Waals surface area contributed by atoms with E-state index in [1.54, 1.807) is 16.8 Å². The van der Waals surface area contributed by atoms with E-state index in [2.05, 4.69) is 10.1 Å². The quantitative estimate of drug-likeness (QED) is 0.842. The molecule has 2 aromatic rings. The van der Waals surface area contributed by atoms with Gasteiger partial charge in [-0.3, -0.25) is 4.68 Å². The van der Waals surface area contributed by atoms with Gasteiger partial charge in [0, 0.05) is 6.20 Å². The first kappa shape index (κ1) is 10.4. The van der Waals surface area contributed by atoms with Crippen LogP contribution in [-0.2, 0) is 6.54 Å². The van der Waals surface area contributed by atoms with Gasteiger partial charge in [-0.1, -0.05) is 6.07 Å². The maximum absolute atomic E-state index is 10.7. The summed E-state index contributed by atoms with van der Waals surface area (Å²) in [5, 5.41) is 13.0. The summed E-state index contributed by atoms with van der Waals surface area (Å²) in [6.07, 6.45) is 1.84. The van der Waals surface area contributed by atoms with Crippen LogP contribution < -0.4 is 0 Å². The van der Waals surface area contributed by atoms with Crippen molar-refractivity contribution >= 4 is 5.97 Å². The Morgan fingerprint density at radius 2 is 2.25 bits per heavy atom. The van der Waals surface area contributed by atoms with E-state index in [4.69, 9.17) is 5.11 Å². The second kappa shape index (κ2) is 4.14. The molecule has 0 saturated carbocycles. The minimum Gasteiger partial charge on any atom is -0.477 e. The number of carboxylic acid groups (broad SMARTS) is 1. The van der Waals surface area contributed by atoms with Gasteiger partial charge in [-0.2, -0.15) is 5.10 Å². The molecule has 0 fully saturated rings. The first-order chi connectivity index (χ1) is 7.65. The minimum atomic E-state index is -1.02. The van der Waals surface area contributed by atoms with Gasteiger partial charge >= 0.3 is 5.97 Å². The Kier molecular flexibility index (Phi) is 2.68. The van der Waals surface area contributed by atoms with Gasteiger partial charge in [0.05, 0.1) is 17.9 Å². The average molecular weight is 217 g/mol. The van der Waals surface area contributed by atoms with E-state index in [-0.39, 0.29) is 5.69 Å². The summed E-state index contributed by atoms with van der Waals surface area (Å²) in [4.78, 5) is 14.7. The molecule has 16 heavy (non-hydrogen) atoms. The predicted octanol–water partition coefficient (Wildman–Crippen LogP) is 1.33. The third kappa shape index (κ3) is 2.25. The number of hydrogen-bond acceptors (Lipinski definition) is 3. The van der Waals surface area contributed by atoms with Crippen LogP contribution in [0.3, 0.4) is 0 Å². The van der Waals surface area contributed by atoms with E-state index in [1.165, 1.54) is 6.07 Å². The van der Waals surface area contributed by atoms with Gasteiger partial charge in [0.1, 0.15) is 5.69 Å². The molecule has 82 valence electrons. The highest BCUT2D eigenvalue weighted by molar-refractivity contribution is 5.85. The lowest BCUT2D eigenvalue weighted by Crippen LogP contribution is -2.06. The summed E-state index contributed by atoms with van der Waals surface area (Å²) in [5.74, 6) is -1.02. The topological polar surface area (TPSA) is 68.0 Å². The van der Waals surface area contributed by atoms with Gasteiger partial charge in [-0.25, -0.2) is 9.78 Å². The Balaban J connectivity index is 2.21. The Bertz CT molecular complexity index is 519. The summed E-state index contributed by atoms with van der Waals surface area (Å²) in [6, 6.07) is 6.83. The van der Waals surface area contributed by atoms with Crippen LogP contribution in [-0.4, -0.2) is 25.8 Å². The van der Waals surface area contributed by atoms with E-state index >= 15 is 0 Å². The maximum atomic E-state index is 10.7. The predicted molar refractivity (Wildman–Crippen MR) is 57.3 cm³/mol. The molecule has 0 bridgehead atoms. The lowest BCUT2D eigenvalue weighted by molar-refractivity contribution is 0.0690. The van der Waals surface area contributed by atoms with Crippen LogP contribution in [0.25, 0.3) is 0 Å². The lowest BCUT2D eigenvalue weighted by atomic mass is 10.3. The second-order valence-corrected chi connectivity index (χ2v) is 3.47. The van der Waals surface area contributed by atoms with Crippen molar-refractivity contribution < 1.29 is 9.90 Å². The zero-order chi connectivity index (χ0) is 11.5. The molecule has 2 rings (SSSR count).